The van der Waals surface area contributed by atoms with Gasteiger partial charge in [-0.25, -0.2) is 0 Å². The van der Waals surface area contributed by atoms with Gasteiger partial charge in [0.2, 0.25) is 0 Å². The highest BCUT2D eigenvalue weighted by Crippen LogP contribution is 2.32. The lowest BCUT2D eigenvalue weighted by molar-refractivity contribution is -0.135. The molecule has 0 aliphatic carbocycles. The first-order chi connectivity index (χ1) is 8.20. The molecule has 1 aromatic carbocycles. The lowest BCUT2D eigenvalue weighted by Crippen LogP contribution is -2.05. The van der Waals surface area contributed by atoms with E-state index >= 15 is 0 Å². The summed E-state index contributed by atoms with van der Waals surface area (Å²) in [4.78, 5) is 11.2. The van der Waals surface area contributed by atoms with Crippen LogP contribution in [0.15, 0.2) is 41.0 Å². The smallest absolute Gasteiger partial charge is 0.313 e. The quantitative estimate of drug-likeness (QED) is 0.826. The molecule has 2 rings (SSSR count). The third-order valence-corrected chi connectivity index (χ3v) is 2.30. The van der Waals surface area contributed by atoms with Crippen molar-refractivity contribution in [2.45, 2.75) is 13.3 Å². The predicted molar refractivity (Wildman–Crippen MR) is 61.7 cm³/mol. The van der Waals surface area contributed by atoms with Gasteiger partial charge in [-0.3, -0.25) is 4.79 Å². The molecule has 0 saturated carbocycles. The second-order valence-electron chi connectivity index (χ2n) is 3.50. The number of phenolic OH excluding ortho intramolecular Hbond substituents is 1. The second-order valence-corrected chi connectivity index (χ2v) is 3.50. The van der Waals surface area contributed by atoms with Crippen molar-refractivity contribution in [3.63, 3.8) is 0 Å². The highest BCUT2D eigenvalue weighted by Gasteiger charge is 2.13. The van der Waals surface area contributed by atoms with Crippen molar-refractivity contribution in [2.75, 3.05) is 0 Å². The molecule has 0 atom stereocenters. The van der Waals surface area contributed by atoms with Gasteiger partial charge in [0.05, 0.1) is 11.8 Å². The van der Waals surface area contributed by atoms with E-state index in [2.05, 4.69) is 0 Å². The van der Waals surface area contributed by atoms with Crippen LogP contribution in [0.1, 0.15) is 13.3 Å². The van der Waals surface area contributed by atoms with E-state index in [9.17, 15) is 9.90 Å². The van der Waals surface area contributed by atoms with Crippen molar-refractivity contribution in [2.24, 2.45) is 0 Å². The molecule has 17 heavy (non-hydrogen) atoms. The van der Waals surface area contributed by atoms with Crippen LogP contribution in [-0.4, -0.2) is 11.1 Å². The zero-order chi connectivity index (χ0) is 12.3. The average Bonchev–Trinajstić information content (AvgIpc) is 2.78. The molecule has 0 aliphatic rings. The molecular formula is C13H12O4. The van der Waals surface area contributed by atoms with Crippen LogP contribution in [0, 0.1) is 0 Å². The molecule has 0 fully saturated rings. The summed E-state index contributed by atoms with van der Waals surface area (Å²) in [6.45, 7) is 1.71. The fraction of sp³-hybridized carbons (Fsp3) is 0.154. The zero-order valence-corrected chi connectivity index (χ0v) is 9.34. The van der Waals surface area contributed by atoms with Crippen LogP contribution in [0.5, 0.6) is 11.7 Å². The minimum atomic E-state index is -0.347. The van der Waals surface area contributed by atoms with E-state index in [1.54, 1.807) is 37.3 Å². The van der Waals surface area contributed by atoms with E-state index in [-0.39, 0.29) is 24.1 Å². The summed E-state index contributed by atoms with van der Waals surface area (Å²) in [5.41, 5.74) is 1.50. The summed E-state index contributed by atoms with van der Waals surface area (Å²) in [7, 11) is 0. The van der Waals surface area contributed by atoms with Gasteiger partial charge in [0.1, 0.15) is 5.75 Å². The van der Waals surface area contributed by atoms with Crippen LogP contribution in [-0.2, 0) is 4.79 Å². The Labute approximate surface area is 98.4 Å². The average molecular weight is 232 g/mol. The minimum absolute atomic E-state index is 0.183. The number of carbonyl (C=O) groups is 1. The van der Waals surface area contributed by atoms with E-state index in [1.165, 1.54) is 6.26 Å². The van der Waals surface area contributed by atoms with Crippen LogP contribution >= 0.6 is 0 Å². The Hall–Kier alpha value is -2.23. The number of furan rings is 1. The molecule has 0 spiro atoms. The largest absolute Gasteiger partial charge is 0.508 e. The Morgan fingerprint density at radius 3 is 2.65 bits per heavy atom. The van der Waals surface area contributed by atoms with Crippen LogP contribution in [0.2, 0.25) is 0 Å². The number of aromatic hydroxyl groups is 1. The summed E-state index contributed by atoms with van der Waals surface area (Å²) in [5.74, 6) is 0.0202. The van der Waals surface area contributed by atoms with Gasteiger partial charge < -0.3 is 14.3 Å². The number of benzene rings is 1. The third-order valence-electron chi connectivity index (χ3n) is 2.30. The Bertz CT molecular complexity index is 510. The molecule has 4 nitrogen and oxygen atoms in total. The number of ether oxygens (including phenoxy) is 1. The first-order valence-electron chi connectivity index (χ1n) is 5.28. The Morgan fingerprint density at radius 2 is 2.00 bits per heavy atom. The van der Waals surface area contributed by atoms with E-state index in [4.69, 9.17) is 9.15 Å². The van der Waals surface area contributed by atoms with Crippen LogP contribution < -0.4 is 4.74 Å². The van der Waals surface area contributed by atoms with Crippen molar-refractivity contribution in [1.82, 2.24) is 0 Å². The highest BCUT2D eigenvalue weighted by molar-refractivity contribution is 5.76. The standard InChI is InChI=1S/C13H12O4/c1-2-12(15)17-13-11(7-8-16-13)9-3-5-10(14)6-4-9/h3-8,14H,2H2,1H3. The molecule has 0 bridgehead atoms. The molecule has 0 saturated heterocycles. The van der Waals surface area contributed by atoms with Gasteiger partial charge >= 0.3 is 5.97 Å². The number of rotatable bonds is 3. The van der Waals surface area contributed by atoms with Gasteiger partial charge in [-0.2, -0.15) is 0 Å². The number of phenols is 1. The van der Waals surface area contributed by atoms with E-state index in [0.29, 0.717) is 5.56 Å². The topological polar surface area (TPSA) is 59.7 Å². The van der Waals surface area contributed by atoms with Crippen molar-refractivity contribution in [3.05, 3.63) is 36.6 Å². The molecule has 0 unspecified atom stereocenters. The van der Waals surface area contributed by atoms with Gasteiger partial charge in [-0.15, -0.1) is 0 Å². The summed E-state index contributed by atoms with van der Waals surface area (Å²) < 4.78 is 10.2. The van der Waals surface area contributed by atoms with Gasteiger partial charge in [-0.05, 0) is 23.8 Å². The van der Waals surface area contributed by atoms with E-state index < -0.39 is 0 Å². The Morgan fingerprint density at radius 1 is 1.29 bits per heavy atom. The first kappa shape index (κ1) is 11.3. The van der Waals surface area contributed by atoms with Gasteiger partial charge in [0, 0.05) is 6.42 Å². The summed E-state index contributed by atoms with van der Waals surface area (Å²) >= 11 is 0. The maximum Gasteiger partial charge on any atom is 0.313 e. The first-order valence-corrected chi connectivity index (χ1v) is 5.28. The molecule has 1 heterocycles. The van der Waals surface area contributed by atoms with Gasteiger partial charge in [-0.1, -0.05) is 19.1 Å². The molecule has 0 amide bonds. The summed E-state index contributed by atoms with van der Waals surface area (Å²) in [6, 6.07) is 8.29. The maximum atomic E-state index is 11.2. The lowest BCUT2D eigenvalue weighted by atomic mass is 10.1. The second kappa shape index (κ2) is 4.74. The van der Waals surface area contributed by atoms with Crippen LogP contribution in [0.25, 0.3) is 11.1 Å². The number of esters is 1. The summed E-state index contributed by atoms with van der Waals surface area (Å²) in [5, 5.41) is 9.20. The molecule has 1 N–H and O–H groups in total. The fourth-order valence-corrected chi connectivity index (χ4v) is 1.41. The number of hydrogen-bond donors (Lipinski definition) is 1. The molecular weight excluding hydrogens is 220 g/mol. The monoisotopic (exact) mass is 232 g/mol. The molecule has 1 aromatic heterocycles. The van der Waals surface area contributed by atoms with Gasteiger partial charge in [0.25, 0.3) is 5.95 Å². The van der Waals surface area contributed by atoms with Crippen molar-refractivity contribution in [1.29, 1.82) is 0 Å². The molecule has 88 valence electrons. The molecule has 0 aliphatic heterocycles. The van der Waals surface area contributed by atoms with Gasteiger partial charge in [0.15, 0.2) is 0 Å². The number of hydrogen-bond acceptors (Lipinski definition) is 4. The minimum Gasteiger partial charge on any atom is -0.508 e. The van der Waals surface area contributed by atoms with Crippen LogP contribution in [0.4, 0.5) is 0 Å². The summed E-state index contributed by atoms with van der Waals surface area (Å²) in [6.07, 6.45) is 1.75. The van der Waals surface area contributed by atoms with Crippen molar-refractivity contribution in [3.8, 4) is 22.8 Å². The predicted octanol–water partition coefficient (Wildman–Crippen LogP) is 2.97. The maximum absolute atomic E-state index is 11.2. The third kappa shape index (κ3) is 2.47. The van der Waals surface area contributed by atoms with E-state index in [1.807, 2.05) is 0 Å². The Balaban J connectivity index is 2.30. The SMILES string of the molecule is CCC(=O)Oc1occc1-c1ccc(O)cc1. The molecule has 4 heteroatoms. The van der Waals surface area contributed by atoms with Crippen molar-refractivity contribution < 1.29 is 19.1 Å². The van der Waals surface area contributed by atoms with E-state index in [0.717, 1.165) is 5.56 Å². The molecule has 0 radical (unpaired) electrons. The highest BCUT2D eigenvalue weighted by atomic mass is 16.6. The normalized spacial score (nSPS) is 10.2. The Kier molecular flexibility index (Phi) is 3.14. The number of carbonyl (C=O) groups excluding carboxylic acids is 1. The van der Waals surface area contributed by atoms with Crippen LogP contribution in [0.3, 0.4) is 0 Å². The van der Waals surface area contributed by atoms with Crippen molar-refractivity contribution >= 4 is 5.97 Å². The fourth-order valence-electron chi connectivity index (χ4n) is 1.41. The lowest BCUT2D eigenvalue weighted by Gasteiger charge is -2.03. The molecule has 2 aromatic rings. The zero-order valence-electron chi connectivity index (χ0n) is 9.34.